The maximum absolute atomic E-state index is 13.2. The van der Waals surface area contributed by atoms with Crippen LogP contribution >= 0.6 is 0 Å². The van der Waals surface area contributed by atoms with E-state index in [1.54, 1.807) is 12.1 Å². The van der Waals surface area contributed by atoms with Gasteiger partial charge in [-0.15, -0.1) is 0 Å². The summed E-state index contributed by atoms with van der Waals surface area (Å²) in [5.74, 6) is 0.643. The van der Waals surface area contributed by atoms with Gasteiger partial charge in [0.15, 0.2) is 0 Å². The predicted molar refractivity (Wildman–Crippen MR) is 133 cm³/mol. The van der Waals surface area contributed by atoms with Crippen molar-refractivity contribution in [3.8, 4) is 17.2 Å². The van der Waals surface area contributed by atoms with E-state index in [0.717, 1.165) is 5.56 Å². The summed E-state index contributed by atoms with van der Waals surface area (Å²) in [6, 6.07) is 8.23. The highest BCUT2D eigenvalue weighted by molar-refractivity contribution is 6.19. The molecule has 9 heteroatoms. The Labute approximate surface area is 206 Å². The summed E-state index contributed by atoms with van der Waals surface area (Å²) in [7, 11) is 2.97. The molecule has 1 aliphatic rings. The third kappa shape index (κ3) is 3.50. The van der Waals surface area contributed by atoms with Crippen LogP contribution in [0.25, 0.3) is 32.5 Å². The van der Waals surface area contributed by atoms with Crippen molar-refractivity contribution in [2.45, 2.75) is 50.8 Å². The summed E-state index contributed by atoms with van der Waals surface area (Å²) in [4.78, 5) is 13.2. The second-order valence-electron chi connectivity index (χ2n) is 9.09. The van der Waals surface area contributed by atoms with Crippen LogP contribution in [0.5, 0.6) is 17.2 Å². The highest BCUT2D eigenvalue weighted by atomic mass is 16.6. The van der Waals surface area contributed by atoms with Crippen LogP contribution in [0.4, 0.5) is 0 Å². The number of ether oxygens (including phenoxy) is 3. The molecule has 190 valence electrons. The molecule has 4 N–H and O–H groups in total. The zero-order chi connectivity index (χ0) is 25.9. The van der Waals surface area contributed by atoms with Gasteiger partial charge in [-0.05, 0) is 48.7 Å². The fourth-order valence-corrected chi connectivity index (χ4v) is 5.18. The lowest BCUT2D eigenvalue weighted by Crippen LogP contribution is -2.36. The molecule has 1 fully saturated rings. The van der Waals surface area contributed by atoms with Crippen LogP contribution in [0.3, 0.4) is 0 Å². The first-order valence-electron chi connectivity index (χ1n) is 11.7. The number of methoxy groups -OCH3 is 2. The number of aryl methyl sites for hydroxylation is 1. The smallest absolute Gasteiger partial charge is 0.344 e. The molecule has 4 aromatic rings. The Morgan fingerprint density at radius 3 is 2.28 bits per heavy atom. The molecule has 2 heterocycles. The van der Waals surface area contributed by atoms with Gasteiger partial charge >= 0.3 is 5.63 Å². The van der Waals surface area contributed by atoms with Gasteiger partial charge < -0.3 is 39.1 Å². The number of phenolic OH excluding ortho intramolecular Hbond substituents is 1. The highest BCUT2D eigenvalue weighted by Gasteiger charge is 2.46. The van der Waals surface area contributed by atoms with E-state index in [2.05, 4.69) is 0 Å². The van der Waals surface area contributed by atoms with Gasteiger partial charge in [0.1, 0.15) is 47.2 Å². The Hall–Kier alpha value is -3.37. The van der Waals surface area contributed by atoms with Crippen molar-refractivity contribution >= 4 is 32.5 Å². The van der Waals surface area contributed by atoms with Gasteiger partial charge in [0.25, 0.3) is 0 Å². The molecule has 1 aromatic heterocycles. The average Bonchev–Trinajstić information content (AvgIpc) is 3.17. The molecule has 36 heavy (non-hydrogen) atoms. The van der Waals surface area contributed by atoms with E-state index in [4.69, 9.17) is 18.6 Å². The normalized spacial score (nSPS) is 23.0. The monoisotopic (exact) mass is 496 g/mol. The number of aromatic hydroxyl groups is 1. The summed E-state index contributed by atoms with van der Waals surface area (Å²) in [5.41, 5.74) is 0.801. The second kappa shape index (κ2) is 8.94. The summed E-state index contributed by atoms with van der Waals surface area (Å²) < 4.78 is 23.0. The SMILES string of the molecule is CCc1cc(OC)c2c(c1)c(=O)oc1c2cc(OC)c2c(O)ccc([C@@H]3O[C@@H]([C@H](C)O)[C@H](O)[C@H]3O)c21. The summed E-state index contributed by atoms with van der Waals surface area (Å²) in [6.45, 7) is 3.43. The Morgan fingerprint density at radius 1 is 0.972 bits per heavy atom. The lowest BCUT2D eigenvalue weighted by molar-refractivity contribution is -0.0586. The lowest BCUT2D eigenvalue weighted by atomic mass is 9.92. The minimum atomic E-state index is -1.38. The molecule has 5 rings (SSSR count). The zero-order valence-corrected chi connectivity index (χ0v) is 20.3. The lowest BCUT2D eigenvalue weighted by Gasteiger charge is -2.20. The Bertz CT molecular complexity index is 1540. The minimum absolute atomic E-state index is 0.136. The number of hydrogen-bond donors (Lipinski definition) is 4. The molecule has 0 radical (unpaired) electrons. The van der Waals surface area contributed by atoms with E-state index < -0.39 is 36.1 Å². The second-order valence-corrected chi connectivity index (χ2v) is 9.09. The molecule has 0 aliphatic carbocycles. The van der Waals surface area contributed by atoms with Crippen LogP contribution in [-0.4, -0.2) is 59.1 Å². The van der Waals surface area contributed by atoms with Gasteiger partial charge in [-0.25, -0.2) is 4.79 Å². The molecule has 0 unspecified atom stereocenters. The third-order valence-electron chi connectivity index (χ3n) is 6.99. The van der Waals surface area contributed by atoms with Crippen LogP contribution in [0.15, 0.2) is 39.5 Å². The molecule has 0 spiro atoms. The maximum atomic E-state index is 13.2. The van der Waals surface area contributed by atoms with Crippen molar-refractivity contribution in [2.75, 3.05) is 14.2 Å². The first kappa shape index (κ1) is 24.3. The van der Waals surface area contributed by atoms with Crippen LogP contribution in [0, 0.1) is 0 Å². The first-order valence-corrected chi connectivity index (χ1v) is 11.7. The van der Waals surface area contributed by atoms with Gasteiger partial charge in [-0.1, -0.05) is 13.0 Å². The molecule has 5 atom stereocenters. The number of hydrogen-bond acceptors (Lipinski definition) is 9. The summed E-state index contributed by atoms with van der Waals surface area (Å²) >= 11 is 0. The highest BCUT2D eigenvalue weighted by Crippen LogP contribution is 2.47. The van der Waals surface area contributed by atoms with Crippen molar-refractivity contribution in [1.29, 1.82) is 0 Å². The molecular weight excluding hydrogens is 468 g/mol. The fourth-order valence-electron chi connectivity index (χ4n) is 5.18. The largest absolute Gasteiger partial charge is 0.507 e. The molecular formula is C27H28O9. The van der Waals surface area contributed by atoms with Crippen molar-refractivity contribution in [3.63, 3.8) is 0 Å². The van der Waals surface area contributed by atoms with Crippen molar-refractivity contribution in [3.05, 3.63) is 51.9 Å². The molecule has 0 amide bonds. The van der Waals surface area contributed by atoms with Crippen LogP contribution in [-0.2, 0) is 11.2 Å². The van der Waals surface area contributed by atoms with E-state index >= 15 is 0 Å². The van der Waals surface area contributed by atoms with Crippen LogP contribution in [0.1, 0.15) is 31.1 Å². The molecule has 1 aliphatic heterocycles. The van der Waals surface area contributed by atoms with Gasteiger partial charge in [0, 0.05) is 16.2 Å². The van der Waals surface area contributed by atoms with Crippen molar-refractivity contribution < 1.29 is 39.1 Å². The number of phenols is 1. The van der Waals surface area contributed by atoms with E-state index in [1.165, 1.54) is 33.3 Å². The molecule has 0 bridgehead atoms. The third-order valence-corrected chi connectivity index (χ3v) is 6.99. The van der Waals surface area contributed by atoms with E-state index in [-0.39, 0.29) is 22.1 Å². The number of aliphatic hydroxyl groups excluding tert-OH is 3. The molecule has 9 nitrogen and oxygen atoms in total. The van der Waals surface area contributed by atoms with Crippen molar-refractivity contribution in [1.82, 2.24) is 0 Å². The summed E-state index contributed by atoms with van der Waals surface area (Å²) in [5, 5.41) is 44.1. The van der Waals surface area contributed by atoms with Gasteiger partial charge in [-0.3, -0.25) is 0 Å². The standard InChI is InChI=1S/C27H28O9/c1-5-12-8-15-19(17(9-12)33-3)14-10-18(34-4)21-16(29)7-6-13(20(21)25(14)36-27(15)32)26-23(31)22(30)24(35-26)11(2)28/h6-11,22-24,26,28-31H,5H2,1-4H3/t11-,22+,23+,24-,26-/m0/s1. The quantitative estimate of drug-likeness (QED) is 0.243. The maximum Gasteiger partial charge on any atom is 0.344 e. The van der Waals surface area contributed by atoms with Crippen molar-refractivity contribution in [2.24, 2.45) is 0 Å². The minimum Gasteiger partial charge on any atom is -0.507 e. The van der Waals surface area contributed by atoms with Gasteiger partial charge in [0.05, 0.1) is 31.1 Å². The summed E-state index contributed by atoms with van der Waals surface area (Å²) in [6.07, 6.45) is -5.21. The van der Waals surface area contributed by atoms with E-state index in [0.29, 0.717) is 39.6 Å². The molecule has 3 aromatic carbocycles. The van der Waals surface area contributed by atoms with E-state index in [9.17, 15) is 25.2 Å². The fraction of sp³-hybridized carbons (Fsp3) is 0.370. The van der Waals surface area contributed by atoms with Crippen LogP contribution < -0.4 is 15.1 Å². The van der Waals surface area contributed by atoms with Crippen LogP contribution in [0.2, 0.25) is 0 Å². The Balaban J connectivity index is 1.95. The topological polar surface area (TPSA) is 139 Å². The first-order chi connectivity index (χ1) is 17.2. The number of benzene rings is 3. The van der Waals surface area contributed by atoms with E-state index in [1.807, 2.05) is 13.0 Å². The molecule has 1 saturated heterocycles. The zero-order valence-electron chi connectivity index (χ0n) is 20.3. The number of rotatable bonds is 5. The Morgan fingerprint density at radius 2 is 1.67 bits per heavy atom. The molecule has 0 saturated carbocycles. The van der Waals surface area contributed by atoms with Gasteiger partial charge in [0.2, 0.25) is 0 Å². The Kier molecular flexibility index (Phi) is 6.04. The average molecular weight is 497 g/mol. The van der Waals surface area contributed by atoms with Gasteiger partial charge in [-0.2, -0.15) is 0 Å². The number of fused-ring (bicyclic) bond motifs is 5. The number of aliphatic hydroxyl groups is 3. The predicted octanol–water partition coefficient (Wildman–Crippen LogP) is 2.93.